The van der Waals surface area contributed by atoms with Crippen LogP contribution in [0.4, 0.5) is 0 Å². The molecule has 0 spiro atoms. The second-order valence-corrected chi connectivity index (χ2v) is 12.4. The first-order chi connectivity index (χ1) is 22.4. The van der Waals surface area contributed by atoms with Crippen molar-refractivity contribution in [2.45, 2.75) is 103 Å². The Morgan fingerprint density at radius 3 is 1.37 bits per heavy atom. The van der Waals surface area contributed by atoms with E-state index in [1.165, 1.54) is 24.0 Å². The number of hydrogen-bond acceptors (Lipinski definition) is 6. The fourth-order valence-electron chi connectivity index (χ4n) is 5.47. The average Bonchev–Trinajstić information content (AvgIpc) is 3.08. The molecule has 0 radical (unpaired) electrons. The van der Waals surface area contributed by atoms with Gasteiger partial charge in [0.2, 0.25) is 11.8 Å². The molecule has 0 bridgehead atoms. The van der Waals surface area contributed by atoms with Gasteiger partial charge in [0.05, 0.1) is 14.2 Å². The fourth-order valence-corrected chi connectivity index (χ4v) is 5.47. The molecule has 2 amide bonds. The minimum Gasteiger partial charge on any atom is -0.497 e. The van der Waals surface area contributed by atoms with Gasteiger partial charge in [-0.1, -0.05) is 62.8 Å². The van der Waals surface area contributed by atoms with Gasteiger partial charge in [0.1, 0.15) is 11.5 Å². The van der Waals surface area contributed by atoms with Gasteiger partial charge < -0.3 is 29.9 Å². The Hall–Kier alpha value is -3.10. The third kappa shape index (κ3) is 18.1. The first-order valence-corrected chi connectivity index (χ1v) is 17.6. The van der Waals surface area contributed by atoms with Crippen molar-refractivity contribution in [3.63, 3.8) is 0 Å². The van der Waals surface area contributed by atoms with Crippen LogP contribution in [0.3, 0.4) is 0 Å². The summed E-state index contributed by atoms with van der Waals surface area (Å²) in [5, 5.41) is 6.95. The molecule has 46 heavy (non-hydrogen) atoms. The van der Waals surface area contributed by atoms with Crippen molar-refractivity contribution in [1.82, 2.24) is 20.4 Å². The highest BCUT2D eigenvalue weighted by Crippen LogP contribution is 2.14. The van der Waals surface area contributed by atoms with Crippen LogP contribution in [-0.2, 0) is 22.7 Å². The normalized spacial score (nSPS) is 11.0. The molecule has 2 aromatic rings. The molecular formula is C38H62N4O4. The van der Waals surface area contributed by atoms with Gasteiger partial charge in [-0.05, 0) is 87.0 Å². The third-order valence-corrected chi connectivity index (χ3v) is 8.50. The van der Waals surface area contributed by atoms with Gasteiger partial charge in [-0.3, -0.25) is 9.59 Å². The molecule has 0 heterocycles. The Morgan fingerprint density at radius 1 is 0.565 bits per heavy atom. The maximum absolute atomic E-state index is 12.5. The molecule has 2 aromatic carbocycles. The molecule has 0 aliphatic rings. The SMILES string of the molecule is COc1cccc(CNCCCCCC(=O)N(C)CCCCCCCCN(C)C(=O)CCCCCNCc2cccc(OC)c2)c1. The van der Waals surface area contributed by atoms with Crippen molar-refractivity contribution in [2.24, 2.45) is 0 Å². The summed E-state index contributed by atoms with van der Waals surface area (Å²) in [4.78, 5) is 28.7. The second kappa shape index (κ2) is 25.0. The van der Waals surface area contributed by atoms with Gasteiger partial charge in [-0.15, -0.1) is 0 Å². The number of methoxy groups -OCH3 is 2. The van der Waals surface area contributed by atoms with Crippen molar-refractivity contribution < 1.29 is 19.1 Å². The number of nitrogens with one attached hydrogen (secondary N) is 2. The molecule has 258 valence electrons. The minimum absolute atomic E-state index is 0.262. The van der Waals surface area contributed by atoms with Crippen LogP contribution >= 0.6 is 0 Å². The predicted octanol–water partition coefficient (Wildman–Crippen LogP) is 6.96. The summed E-state index contributed by atoms with van der Waals surface area (Å²) in [6, 6.07) is 16.3. The van der Waals surface area contributed by atoms with E-state index in [2.05, 4.69) is 34.9 Å². The number of nitrogens with zero attached hydrogens (tertiary/aromatic N) is 2. The van der Waals surface area contributed by atoms with E-state index in [1.54, 1.807) is 14.2 Å². The van der Waals surface area contributed by atoms with E-state index >= 15 is 0 Å². The molecule has 0 aromatic heterocycles. The van der Waals surface area contributed by atoms with Crippen LogP contribution in [0, 0.1) is 0 Å². The molecule has 2 rings (SSSR count). The monoisotopic (exact) mass is 638 g/mol. The smallest absolute Gasteiger partial charge is 0.222 e. The topological polar surface area (TPSA) is 83.1 Å². The average molecular weight is 639 g/mol. The summed E-state index contributed by atoms with van der Waals surface area (Å²) in [5.41, 5.74) is 2.44. The molecule has 0 aliphatic heterocycles. The van der Waals surface area contributed by atoms with Gasteiger partial charge in [-0.2, -0.15) is 0 Å². The summed E-state index contributed by atoms with van der Waals surface area (Å²) in [6.07, 6.45) is 14.3. The lowest BCUT2D eigenvalue weighted by Crippen LogP contribution is -2.27. The lowest BCUT2D eigenvalue weighted by Gasteiger charge is -2.18. The lowest BCUT2D eigenvalue weighted by molar-refractivity contribution is -0.130. The van der Waals surface area contributed by atoms with Gasteiger partial charge in [0.15, 0.2) is 0 Å². The van der Waals surface area contributed by atoms with Crippen LogP contribution in [0.5, 0.6) is 11.5 Å². The number of hydrogen-bond donors (Lipinski definition) is 2. The highest BCUT2D eigenvalue weighted by molar-refractivity contribution is 5.76. The first kappa shape index (κ1) is 39.1. The van der Waals surface area contributed by atoms with Crippen molar-refractivity contribution in [1.29, 1.82) is 0 Å². The number of benzene rings is 2. The largest absolute Gasteiger partial charge is 0.497 e. The number of unbranched alkanes of at least 4 members (excludes halogenated alkanes) is 9. The fraction of sp³-hybridized carbons (Fsp3) is 0.632. The number of ether oxygens (including phenoxy) is 2. The van der Waals surface area contributed by atoms with E-state index in [1.807, 2.05) is 48.2 Å². The maximum Gasteiger partial charge on any atom is 0.222 e. The summed E-state index contributed by atoms with van der Waals surface area (Å²) in [5.74, 6) is 2.30. The zero-order valence-electron chi connectivity index (χ0n) is 29.3. The molecule has 8 heteroatoms. The van der Waals surface area contributed by atoms with E-state index in [-0.39, 0.29) is 11.8 Å². The Kier molecular flexibility index (Phi) is 21.3. The molecule has 0 aliphatic carbocycles. The second-order valence-electron chi connectivity index (χ2n) is 12.4. The van der Waals surface area contributed by atoms with Crippen LogP contribution in [0.2, 0.25) is 0 Å². The molecular weight excluding hydrogens is 576 g/mol. The zero-order valence-corrected chi connectivity index (χ0v) is 29.3. The Balaban J connectivity index is 1.35. The molecule has 8 nitrogen and oxygen atoms in total. The number of carbonyl (C=O) groups is 2. The van der Waals surface area contributed by atoms with E-state index < -0.39 is 0 Å². The van der Waals surface area contributed by atoms with Crippen LogP contribution in [0.15, 0.2) is 48.5 Å². The highest BCUT2D eigenvalue weighted by Gasteiger charge is 2.09. The van der Waals surface area contributed by atoms with Crippen LogP contribution < -0.4 is 20.1 Å². The maximum atomic E-state index is 12.5. The summed E-state index contributed by atoms with van der Waals surface area (Å²) in [7, 11) is 7.25. The number of rotatable bonds is 27. The summed E-state index contributed by atoms with van der Waals surface area (Å²) >= 11 is 0. The molecule has 0 atom stereocenters. The van der Waals surface area contributed by atoms with Gasteiger partial charge >= 0.3 is 0 Å². The Labute approximate surface area is 279 Å². The zero-order chi connectivity index (χ0) is 33.2. The van der Waals surface area contributed by atoms with Gasteiger partial charge in [0.25, 0.3) is 0 Å². The molecule has 0 saturated heterocycles. The predicted molar refractivity (Wildman–Crippen MR) is 189 cm³/mol. The minimum atomic E-state index is 0.262. The first-order valence-electron chi connectivity index (χ1n) is 17.6. The van der Waals surface area contributed by atoms with Gasteiger partial charge in [0, 0.05) is 53.1 Å². The van der Waals surface area contributed by atoms with Crippen molar-refractivity contribution in [2.75, 3.05) is 54.5 Å². The number of carbonyl (C=O) groups excluding carboxylic acids is 2. The van der Waals surface area contributed by atoms with E-state index in [9.17, 15) is 9.59 Å². The van der Waals surface area contributed by atoms with E-state index in [0.29, 0.717) is 12.8 Å². The molecule has 2 N–H and O–H groups in total. The summed E-state index contributed by atoms with van der Waals surface area (Å²) in [6.45, 7) is 5.27. The van der Waals surface area contributed by atoms with E-state index in [4.69, 9.17) is 9.47 Å². The lowest BCUT2D eigenvalue weighted by atomic mass is 10.1. The third-order valence-electron chi connectivity index (χ3n) is 8.50. The van der Waals surface area contributed by atoms with Gasteiger partial charge in [-0.25, -0.2) is 0 Å². The molecule has 0 unspecified atom stereocenters. The standard InChI is InChI=1S/C38H62N4O4/c1-41(37(43)23-11-9-13-25-39-31-33-19-17-21-35(29-33)45-3)27-15-7-5-6-8-16-28-42(2)38(44)24-12-10-14-26-40-32-34-20-18-22-36(30-34)46-4/h17-22,29-30,39-40H,5-16,23-28,31-32H2,1-4H3. The Bertz CT molecular complexity index is 1010. The molecule has 0 fully saturated rings. The number of amides is 2. The van der Waals surface area contributed by atoms with Crippen LogP contribution in [0.1, 0.15) is 101 Å². The molecule has 0 saturated carbocycles. The van der Waals surface area contributed by atoms with Crippen molar-refractivity contribution in [3.8, 4) is 11.5 Å². The van der Waals surface area contributed by atoms with Crippen LogP contribution in [-0.4, -0.2) is 76.1 Å². The van der Waals surface area contributed by atoms with Crippen LogP contribution in [0.25, 0.3) is 0 Å². The highest BCUT2D eigenvalue weighted by atomic mass is 16.5. The van der Waals surface area contributed by atoms with Crippen molar-refractivity contribution in [3.05, 3.63) is 59.7 Å². The van der Waals surface area contributed by atoms with Crippen molar-refractivity contribution >= 4 is 11.8 Å². The Morgan fingerprint density at radius 2 is 0.957 bits per heavy atom. The van der Waals surface area contributed by atoms with E-state index in [0.717, 1.165) is 115 Å². The summed E-state index contributed by atoms with van der Waals surface area (Å²) < 4.78 is 10.5. The quantitative estimate of drug-likeness (QED) is 0.103.